The van der Waals surface area contributed by atoms with Gasteiger partial charge in [0.2, 0.25) is 0 Å². The van der Waals surface area contributed by atoms with Crippen LogP contribution in [0.1, 0.15) is 16.7 Å². The number of nitriles is 1. The summed E-state index contributed by atoms with van der Waals surface area (Å²) in [7, 11) is 0. The van der Waals surface area contributed by atoms with Gasteiger partial charge in [-0.2, -0.15) is 5.26 Å². The normalized spacial score (nSPS) is 14.1. The van der Waals surface area contributed by atoms with Crippen LogP contribution in [0.5, 0.6) is 0 Å². The number of halogens is 1. The largest absolute Gasteiger partial charge is 0.465 e. The number of amides is 1. The fraction of sp³-hybridized carbons (Fsp3) is 0.273. The summed E-state index contributed by atoms with van der Waals surface area (Å²) in [6.45, 7) is 0.402. The fourth-order valence-corrected chi connectivity index (χ4v) is 1.85. The highest BCUT2D eigenvalue weighted by Gasteiger charge is 2.23. The quantitative estimate of drug-likeness (QED) is 0.724. The highest BCUT2D eigenvalue weighted by molar-refractivity contribution is 5.65. The fourth-order valence-electron chi connectivity index (χ4n) is 1.85. The first-order valence-corrected chi connectivity index (χ1v) is 4.81. The minimum atomic E-state index is -1.05. The third-order valence-corrected chi connectivity index (χ3v) is 2.69. The summed E-state index contributed by atoms with van der Waals surface area (Å²) in [5, 5.41) is 17.5. The van der Waals surface area contributed by atoms with Gasteiger partial charge >= 0.3 is 6.09 Å². The molecule has 2 rings (SSSR count). The number of carboxylic acid groups (broad SMARTS) is 1. The summed E-state index contributed by atoms with van der Waals surface area (Å²) in [6.07, 6.45) is -0.594. The number of rotatable bonds is 0. The van der Waals surface area contributed by atoms with E-state index in [0.29, 0.717) is 18.5 Å². The first-order valence-electron chi connectivity index (χ1n) is 4.81. The molecule has 0 atom stereocenters. The first kappa shape index (κ1) is 10.4. The Hall–Kier alpha value is -2.09. The minimum Gasteiger partial charge on any atom is -0.465 e. The van der Waals surface area contributed by atoms with Crippen molar-refractivity contribution in [1.29, 1.82) is 5.26 Å². The molecule has 4 nitrogen and oxygen atoms in total. The zero-order valence-corrected chi connectivity index (χ0v) is 8.40. The van der Waals surface area contributed by atoms with Crippen molar-refractivity contribution < 1.29 is 14.3 Å². The van der Waals surface area contributed by atoms with Gasteiger partial charge in [-0.3, -0.25) is 0 Å². The molecule has 1 aromatic carbocycles. The van der Waals surface area contributed by atoms with Gasteiger partial charge in [0.05, 0.1) is 18.2 Å². The Bertz CT molecular complexity index is 493. The lowest BCUT2D eigenvalue weighted by Gasteiger charge is -2.26. The Morgan fingerprint density at radius 3 is 2.94 bits per heavy atom. The van der Waals surface area contributed by atoms with Crippen LogP contribution in [0.4, 0.5) is 9.18 Å². The van der Waals surface area contributed by atoms with Gasteiger partial charge in [0, 0.05) is 12.1 Å². The van der Waals surface area contributed by atoms with E-state index in [1.807, 2.05) is 6.07 Å². The lowest BCUT2D eigenvalue weighted by molar-refractivity contribution is 0.139. The molecular weight excluding hydrogens is 211 g/mol. The van der Waals surface area contributed by atoms with E-state index in [-0.39, 0.29) is 12.1 Å². The van der Waals surface area contributed by atoms with Crippen LogP contribution in [-0.2, 0) is 13.0 Å². The number of benzene rings is 1. The average Bonchev–Trinajstić information content (AvgIpc) is 2.28. The van der Waals surface area contributed by atoms with Crippen molar-refractivity contribution in [2.45, 2.75) is 13.0 Å². The molecule has 1 aliphatic heterocycles. The molecule has 0 aromatic heterocycles. The SMILES string of the molecule is N#Cc1cc(F)c2c(c1)CCN(C(=O)O)C2. The second kappa shape index (κ2) is 3.81. The number of nitrogens with zero attached hydrogens (tertiary/aromatic N) is 2. The Kier molecular flexibility index (Phi) is 2.49. The van der Waals surface area contributed by atoms with Crippen molar-refractivity contribution in [3.8, 4) is 6.07 Å². The average molecular weight is 220 g/mol. The summed E-state index contributed by atoms with van der Waals surface area (Å²) in [5.74, 6) is -0.500. The van der Waals surface area contributed by atoms with Gasteiger partial charge in [0.25, 0.3) is 0 Å². The van der Waals surface area contributed by atoms with Crippen LogP contribution in [0, 0.1) is 17.1 Å². The number of hydrogen-bond acceptors (Lipinski definition) is 2. The number of fused-ring (bicyclic) bond motifs is 1. The topological polar surface area (TPSA) is 64.3 Å². The molecule has 1 aliphatic rings. The van der Waals surface area contributed by atoms with E-state index in [1.165, 1.54) is 0 Å². The molecule has 1 heterocycles. The highest BCUT2D eigenvalue weighted by atomic mass is 19.1. The van der Waals surface area contributed by atoms with E-state index in [1.54, 1.807) is 6.07 Å². The second-order valence-electron chi connectivity index (χ2n) is 3.66. The van der Waals surface area contributed by atoms with Crippen molar-refractivity contribution >= 4 is 6.09 Å². The van der Waals surface area contributed by atoms with Crippen molar-refractivity contribution in [3.63, 3.8) is 0 Å². The maximum atomic E-state index is 13.6. The highest BCUT2D eigenvalue weighted by Crippen LogP contribution is 2.23. The Labute approximate surface area is 91.5 Å². The lowest BCUT2D eigenvalue weighted by atomic mass is 9.97. The van der Waals surface area contributed by atoms with Gasteiger partial charge in [-0.25, -0.2) is 9.18 Å². The molecule has 16 heavy (non-hydrogen) atoms. The Balaban J connectivity index is 2.40. The molecule has 0 aliphatic carbocycles. The maximum Gasteiger partial charge on any atom is 0.407 e. The molecule has 0 fully saturated rings. The van der Waals surface area contributed by atoms with Crippen molar-refractivity contribution in [2.75, 3.05) is 6.54 Å². The van der Waals surface area contributed by atoms with Crippen LogP contribution in [0.2, 0.25) is 0 Å². The molecule has 0 radical (unpaired) electrons. The summed E-state index contributed by atoms with van der Waals surface area (Å²) in [5.41, 5.74) is 1.39. The molecule has 0 saturated heterocycles. The summed E-state index contributed by atoms with van der Waals surface area (Å²) >= 11 is 0. The monoisotopic (exact) mass is 220 g/mol. The van der Waals surface area contributed by atoms with Gasteiger partial charge in [0.1, 0.15) is 5.82 Å². The molecular formula is C11H9FN2O2. The summed E-state index contributed by atoms with van der Waals surface area (Å²) < 4.78 is 13.6. The lowest BCUT2D eigenvalue weighted by Crippen LogP contribution is -2.35. The third kappa shape index (κ3) is 1.70. The van der Waals surface area contributed by atoms with Crippen LogP contribution in [0.25, 0.3) is 0 Å². The van der Waals surface area contributed by atoms with Gasteiger partial charge in [-0.1, -0.05) is 0 Å². The van der Waals surface area contributed by atoms with E-state index in [0.717, 1.165) is 16.5 Å². The van der Waals surface area contributed by atoms with E-state index < -0.39 is 11.9 Å². The van der Waals surface area contributed by atoms with Gasteiger partial charge in [-0.15, -0.1) is 0 Å². The predicted molar refractivity (Wildman–Crippen MR) is 53.3 cm³/mol. The summed E-state index contributed by atoms with van der Waals surface area (Å²) in [6, 6.07) is 4.65. The minimum absolute atomic E-state index is 0.0577. The van der Waals surface area contributed by atoms with E-state index in [9.17, 15) is 9.18 Å². The Morgan fingerprint density at radius 2 is 2.31 bits per heavy atom. The van der Waals surface area contributed by atoms with Crippen molar-refractivity contribution in [1.82, 2.24) is 4.90 Å². The zero-order chi connectivity index (χ0) is 11.7. The van der Waals surface area contributed by atoms with E-state index in [4.69, 9.17) is 10.4 Å². The smallest absolute Gasteiger partial charge is 0.407 e. The van der Waals surface area contributed by atoms with E-state index in [2.05, 4.69) is 0 Å². The van der Waals surface area contributed by atoms with Crippen LogP contribution < -0.4 is 0 Å². The number of carbonyl (C=O) groups is 1. The standard InChI is InChI=1S/C11H9FN2O2/c12-10-4-7(5-13)3-8-1-2-14(11(15)16)6-9(8)10/h3-4H,1-2,6H2,(H,15,16). The maximum absolute atomic E-state index is 13.6. The third-order valence-electron chi connectivity index (χ3n) is 2.69. The van der Waals surface area contributed by atoms with Crippen LogP contribution in [-0.4, -0.2) is 22.6 Å². The molecule has 0 spiro atoms. The Morgan fingerprint density at radius 1 is 1.56 bits per heavy atom. The van der Waals surface area contributed by atoms with Gasteiger partial charge < -0.3 is 10.0 Å². The van der Waals surface area contributed by atoms with Crippen LogP contribution in [0.15, 0.2) is 12.1 Å². The van der Waals surface area contributed by atoms with Crippen LogP contribution in [0.3, 0.4) is 0 Å². The predicted octanol–water partition coefficient (Wildman–Crippen LogP) is 1.73. The molecule has 0 saturated carbocycles. The zero-order valence-electron chi connectivity index (χ0n) is 8.40. The van der Waals surface area contributed by atoms with Crippen LogP contribution >= 0.6 is 0 Å². The summed E-state index contributed by atoms with van der Waals surface area (Å²) in [4.78, 5) is 11.9. The molecule has 1 aromatic rings. The van der Waals surface area contributed by atoms with E-state index >= 15 is 0 Å². The molecule has 0 bridgehead atoms. The molecule has 0 unspecified atom stereocenters. The van der Waals surface area contributed by atoms with Gasteiger partial charge in [-0.05, 0) is 24.1 Å². The van der Waals surface area contributed by atoms with Crippen molar-refractivity contribution in [3.05, 3.63) is 34.6 Å². The second-order valence-corrected chi connectivity index (χ2v) is 3.66. The molecule has 1 amide bonds. The van der Waals surface area contributed by atoms with Crippen molar-refractivity contribution in [2.24, 2.45) is 0 Å². The van der Waals surface area contributed by atoms with Gasteiger partial charge in [0.15, 0.2) is 0 Å². The molecule has 1 N–H and O–H groups in total. The molecule has 5 heteroatoms. The molecule has 82 valence electrons. The number of hydrogen-bond donors (Lipinski definition) is 1. The first-order chi connectivity index (χ1) is 7.61.